The van der Waals surface area contributed by atoms with E-state index in [4.69, 9.17) is 4.74 Å². The zero-order valence-corrected chi connectivity index (χ0v) is 14.6. The molecule has 0 saturated carbocycles. The molecule has 8 heteroatoms. The van der Waals surface area contributed by atoms with Crippen molar-refractivity contribution < 1.29 is 22.4 Å². The van der Waals surface area contributed by atoms with Crippen molar-refractivity contribution in [2.75, 3.05) is 7.11 Å². The molecule has 4 rings (SSSR count). The van der Waals surface area contributed by atoms with Crippen LogP contribution in [0.3, 0.4) is 0 Å². The van der Waals surface area contributed by atoms with Crippen molar-refractivity contribution in [2.24, 2.45) is 0 Å². The summed E-state index contributed by atoms with van der Waals surface area (Å²) in [7, 11) is 1.56. The van der Waals surface area contributed by atoms with Crippen molar-refractivity contribution in [1.82, 2.24) is 14.7 Å². The summed E-state index contributed by atoms with van der Waals surface area (Å²) < 4.78 is 51.9. The lowest BCUT2D eigenvalue weighted by Gasteiger charge is -2.05. The maximum Gasteiger partial charge on any atom is 0.453 e. The Morgan fingerprint density at radius 1 is 1.00 bits per heavy atom. The Labute approximate surface area is 158 Å². The lowest BCUT2D eigenvalue weighted by Crippen LogP contribution is -2.05. The number of methoxy groups -OCH3 is 1. The maximum atomic E-state index is 13.5. The summed E-state index contributed by atoms with van der Waals surface area (Å²) in [6.07, 6.45) is -1.74. The van der Waals surface area contributed by atoms with Gasteiger partial charge >= 0.3 is 6.18 Å². The lowest BCUT2D eigenvalue weighted by molar-refractivity contribution is -0.154. The molecule has 0 spiro atoms. The molecule has 0 bridgehead atoms. The molecule has 0 aliphatic heterocycles. The quantitative estimate of drug-likeness (QED) is 0.483. The molecular formula is C20H14F3N3O2. The molecule has 0 saturated heterocycles. The van der Waals surface area contributed by atoms with Crippen LogP contribution in [0.1, 0.15) is 5.76 Å². The van der Waals surface area contributed by atoms with Crippen LogP contribution in [0, 0.1) is 0 Å². The number of nitrogens with zero attached hydrogens (tertiary/aromatic N) is 3. The highest BCUT2D eigenvalue weighted by molar-refractivity contribution is 5.80. The van der Waals surface area contributed by atoms with Crippen molar-refractivity contribution >= 4 is 0 Å². The van der Waals surface area contributed by atoms with Gasteiger partial charge in [0.05, 0.1) is 24.7 Å². The van der Waals surface area contributed by atoms with Gasteiger partial charge < -0.3 is 13.8 Å². The van der Waals surface area contributed by atoms with Gasteiger partial charge in [-0.2, -0.15) is 13.2 Å². The first-order chi connectivity index (χ1) is 13.5. The van der Waals surface area contributed by atoms with Crippen LogP contribution in [-0.2, 0) is 6.18 Å². The molecule has 2 heterocycles. The molecule has 0 amide bonds. The van der Waals surface area contributed by atoms with E-state index < -0.39 is 11.9 Å². The summed E-state index contributed by atoms with van der Waals surface area (Å²) in [5.74, 6) is -0.500. The summed E-state index contributed by atoms with van der Waals surface area (Å²) in [4.78, 5) is 4.17. The highest BCUT2D eigenvalue weighted by Crippen LogP contribution is 2.42. The van der Waals surface area contributed by atoms with E-state index in [1.165, 1.54) is 12.5 Å². The summed E-state index contributed by atoms with van der Waals surface area (Å²) >= 11 is 0. The van der Waals surface area contributed by atoms with Gasteiger partial charge in [0.15, 0.2) is 0 Å². The molecule has 28 heavy (non-hydrogen) atoms. The van der Waals surface area contributed by atoms with Gasteiger partial charge in [-0.15, -0.1) is 0 Å². The minimum atomic E-state index is -4.70. The molecule has 142 valence electrons. The Balaban J connectivity index is 1.82. The highest BCUT2D eigenvalue weighted by Gasteiger charge is 2.41. The van der Waals surface area contributed by atoms with Gasteiger partial charge in [-0.05, 0) is 24.3 Å². The fraction of sp³-hybridized carbons (Fsp3) is 0.100. The Kier molecular flexibility index (Phi) is 4.38. The second-order valence-corrected chi connectivity index (χ2v) is 5.96. The van der Waals surface area contributed by atoms with Gasteiger partial charge in [-0.1, -0.05) is 35.5 Å². The molecule has 4 aromatic rings. The highest BCUT2D eigenvalue weighted by atomic mass is 19.4. The molecule has 0 aliphatic rings. The Morgan fingerprint density at radius 3 is 2.36 bits per heavy atom. The molecule has 0 radical (unpaired) electrons. The third-order valence-electron chi connectivity index (χ3n) is 4.21. The summed E-state index contributed by atoms with van der Waals surface area (Å²) in [5, 5.41) is 3.67. The van der Waals surface area contributed by atoms with Crippen LogP contribution >= 0.6 is 0 Å². The van der Waals surface area contributed by atoms with Crippen molar-refractivity contribution in [3.05, 3.63) is 72.9 Å². The molecule has 0 unspecified atom stereocenters. The smallest absolute Gasteiger partial charge is 0.453 e. The van der Waals surface area contributed by atoms with E-state index in [9.17, 15) is 13.2 Å². The zero-order chi connectivity index (χ0) is 19.7. The number of alkyl halides is 3. The first-order valence-electron chi connectivity index (χ1n) is 8.28. The van der Waals surface area contributed by atoms with Crippen LogP contribution in [0.2, 0.25) is 0 Å². The van der Waals surface area contributed by atoms with Gasteiger partial charge in [-0.3, -0.25) is 0 Å². The Morgan fingerprint density at radius 2 is 1.71 bits per heavy atom. The van der Waals surface area contributed by atoms with Crippen LogP contribution in [-0.4, -0.2) is 21.8 Å². The molecule has 2 aromatic heterocycles. The van der Waals surface area contributed by atoms with Gasteiger partial charge in [0, 0.05) is 17.4 Å². The van der Waals surface area contributed by atoms with E-state index in [1.54, 1.807) is 66.3 Å². The predicted octanol–water partition coefficient (Wildman–Crippen LogP) is 5.22. The van der Waals surface area contributed by atoms with Crippen LogP contribution in [0.15, 0.2) is 71.6 Å². The number of halogens is 3. The summed E-state index contributed by atoms with van der Waals surface area (Å²) in [5.41, 5.74) is 1.25. The van der Waals surface area contributed by atoms with E-state index in [2.05, 4.69) is 14.7 Å². The first kappa shape index (κ1) is 17.8. The van der Waals surface area contributed by atoms with Crippen LogP contribution in [0.4, 0.5) is 13.2 Å². The van der Waals surface area contributed by atoms with Crippen LogP contribution in [0.5, 0.6) is 5.75 Å². The standard InChI is InChI=1S/C20H14F3N3O2/c1-27-15-9-7-14(8-10-15)26-11-16(24-12-26)17-18(13-5-3-2-4-6-13)25-28-19(17)20(21,22)23/h2-12H,1H3. The number of hydrogen-bond acceptors (Lipinski definition) is 4. The van der Waals surface area contributed by atoms with E-state index >= 15 is 0 Å². The minimum Gasteiger partial charge on any atom is -0.497 e. The third-order valence-corrected chi connectivity index (χ3v) is 4.21. The topological polar surface area (TPSA) is 53.1 Å². The molecule has 0 atom stereocenters. The Hall–Kier alpha value is -3.55. The van der Waals surface area contributed by atoms with E-state index in [-0.39, 0.29) is 17.0 Å². The van der Waals surface area contributed by atoms with Gasteiger partial charge in [0.2, 0.25) is 5.76 Å². The molecular weight excluding hydrogens is 371 g/mol. The van der Waals surface area contributed by atoms with Crippen molar-refractivity contribution in [3.8, 4) is 34.0 Å². The van der Waals surface area contributed by atoms with Crippen molar-refractivity contribution in [2.45, 2.75) is 6.18 Å². The van der Waals surface area contributed by atoms with Crippen molar-refractivity contribution in [3.63, 3.8) is 0 Å². The summed E-state index contributed by atoms with van der Waals surface area (Å²) in [6, 6.07) is 15.6. The molecule has 5 nitrogen and oxygen atoms in total. The molecule has 0 N–H and O–H groups in total. The Bertz CT molecular complexity index is 1080. The van der Waals surface area contributed by atoms with E-state index in [0.717, 1.165) is 5.69 Å². The number of aromatic nitrogens is 3. The fourth-order valence-corrected chi connectivity index (χ4v) is 2.86. The zero-order valence-electron chi connectivity index (χ0n) is 14.6. The second kappa shape index (κ2) is 6.88. The van der Waals surface area contributed by atoms with Crippen molar-refractivity contribution in [1.29, 1.82) is 0 Å². The van der Waals surface area contributed by atoms with E-state index in [1.807, 2.05) is 0 Å². The molecule has 2 aromatic carbocycles. The molecule has 0 aliphatic carbocycles. The number of hydrogen-bond donors (Lipinski definition) is 0. The normalized spacial score (nSPS) is 11.6. The number of ether oxygens (including phenoxy) is 1. The van der Waals surface area contributed by atoms with Crippen LogP contribution < -0.4 is 4.74 Å². The lowest BCUT2D eigenvalue weighted by atomic mass is 10.0. The van der Waals surface area contributed by atoms with Crippen LogP contribution in [0.25, 0.3) is 28.2 Å². The van der Waals surface area contributed by atoms with Gasteiger partial charge in [0.1, 0.15) is 11.4 Å². The van der Waals surface area contributed by atoms with Gasteiger partial charge in [0.25, 0.3) is 0 Å². The van der Waals surface area contributed by atoms with E-state index in [0.29, 0.717) is 11.3 Å². The largest absolute Gasteiger partial charge is 0.497 e. The number of benzene rings is 2. The average molecular weight is 385 g/mol. The third kappa shape index (κ3) is 3.24. The second-order valence-electron chi connectivity index (χ2n) is 5.96. The monoisotopic (exact) mass is 385 g/mol. The number of rotatable bonds is 4. The first-order valence-corrected chi connectivity index (χ1v) is 8.28. The average Bonchev–Trinajstić information content (AvgIpc) is 3.35. The number of imidazole rings is 1. The maximum absolute atomic E-state index is 13.5. The SMILES string of the molecule is COc1ccc(-n2cnc(-c3c(-c4ccccc4)noc3C(F)(F)F)c2)cc1. The predicted molar refractivity (Wildman–Crippen MR) is 96.1 cm³/mol. The molecule has 0 fully saturated rings. The fourth-order valence-electron chi connectivity index (χ4n) is 2.86. The van der Waals surface area contributed by atoms with Gasteiger partial charge in [-0.25, -0.2) is 4.98 Å². The summed E-state index contributed by atoms with van der Waals surface area (Å²) in [6.45, 7) is 0. The minimum absolute atomic E-state index is 0.0907.